The molecular weight excluding hydrogens is 324 g/mol. The van der Waals surface area contributed by atoms with E-state index in [9.17, 15) is 4.79 Å². The van der Waals surface area contributed by atoms with Crippen LogP contribution < -0.4 is 10.2 Å². The summed E-state index contributed by atoms with van der Waals surface area (Å²) in [7, 11) is 0. The quantitative estimate of drug-likeness (QED) is 0.769. The Bertz CT molecular complexity index is 827. The van der Waals surface area contributed by atoms with E-state index in [0.717, 1.165) is 29.9 Å². The van der Waals surface area contributed by atoms with Gasteiger partial charge in [-0.2, -0.15) is 16.3 Å². The van der Waals surface area contributed by atoms with Crippen molar-refractivity contribution in [3.05, 3.63) is 47.0 Å². The molecular formula is C17H16N4O2S. The summed E-state index contributed by atoms with van der Waals surface area (Å²) in [5.41, 5.74) is 2.86. The van der Waals surface area contributed by atoms with Crippen molar-refractivity contribution < 1.29 is 9.32 Å². The molecule has 2 aromatic heterocycles. The maximum absolute atomic E-state index is 11.8. The number of carbonyl (C=O) groups is 1. The van der Waals surface area contributed by atoms with Crippen LogP contribution in [0.1, 0.15) is 18.7 Å². The summed E-state index contributed by atoms with van der Waals surface area (Å²) < 4.78 is 5.26. The number of rotatable bonds is 5. The monoisotopic (exact) mass is 340 g/mol. The van der Waals surface area contributed by atoms with E-state index >= 15 is 0 Å². The van der Waals surface area contributed by atoms with Gasteiger partial charge in [-0.15, -0.1) is 0 Å². The van der Waals surface area contributed by atoms with Gasteiger partial charge in [-0.25, -0.2) is 0 Å². The number of benzene rings is 1. The van der Waals surface area contributed by atoms with Gasteiger partial charge in [0.25, 0.3) is 0 Å². The Hall–Kier alpha value is -2.67. The first-order valence-corrected chi connectivity index (χ1v) is 8.73. The van der Waals surface area contributed by atoms with E-state index in [1.54, 1.807) is 11.3 Å². The molecule has 7 heteroatoms. The third kappa shape index (κ3) is 3.03. The minimum atomic E-state index is 0.197. The van der Waals surface area contributed by atoms with E-state index in [1.807, 2.05) is 46.0 Å². The van der Waals surface area contributed by atoms with Crippen LogP contribution in [0.25, 0.3) is 11.4 Å². The van der Waals surface area contributed by atoms with E-state index in [1.165, 1.54) is 0 Å². The van der Waals surface area contributed by atoms with E-state index < -0.39 is 0 Å². The molecule has 0 aliphatic carbocycles. The number of amides is 1. The summed E-state index contributed by atoms with van der Waals surface area (Å²) in [4.78, 5) is 18.0. The molecule has 0 saturated carbocycles. The number of nitrogens with one attached hydrogen (secondary N) is 1. The number of aromatic nitrogens is 2. The number of thiophene rings is 1. The molecule has 0 atom stereocenters. The average molecular weight is 340 g/mol. The highest BCUT2D eigenvalue weighted by Gasteiger charge is 2.21. The molecule has 3 aromatic rings. The van der Waals surface area contributed by atoms with Gasteiger partial charge in [-0.1, -0.05) is 5.16 Å². The van der Waals surface area contributed by atoms with Gasteiger partial charge in [0, 0.05) is 35.3 Å². The molecule has 1 fully saturated rings. The normalized spacial score (nSPS) is 14.3. The molecule has 1 amide bonds. The van der Waals surface area contributed by atoms with Gasteiger partial charge < -0.3 is 14.7 Å². The maximum Gasteiger partial charge on any atom is 0.246 e. The fourth-order valence-electron chi connectivity index (χ4n) is 2.69. The molecule has 0 radical (unpaired) electrons. The summed E-state index contributed by atoms with van der Waals surface area (Å²) in [5, 5.41) is 11.2. The zero-order valence-corrected chi connectivity index (χ0v) is 13.8. The van der Waals surface area contributed by atoms with E-state index in [4.69, 9.17) is 4.52 Å². The molecule has 1 aliphatic heterocycles. The lowest BCUT2D eigenvalue weighted by atomic mass is 10.2. The molecule has 1 saturated heterocycles. The Morgan fingerprint density at radius 2 is 2.12 bits per heavy atom. The van der Waals surface area contributed by atoms with Crippen molar-refractivity contribution in [2.75, 3.05) is 16.8 Å². The van der Waals surface area contributed by atoms with Crippen LogP contribution >= 0.6 is 11.3 Å². The van der Waals surface area contributed by atoms with Crippen molar-refractivity contribution in [1.29, 1.82) is 0 Å². The predicted octanol–water partition coefficient (Wildman–Crippen LogP) is 3.54. The molecule has 3 heterocycles. The first kappa shape index (κ1) is 14.9. The van der Waals surface area contributed by atoms with Crippen LogP contribution in [-0.4, -0.2) is 22.6 Å². The molecule has 1 N–H and O–H groups in total. The maximum atomic E-state index is 11.8. The SMILES string of the molecule is O=C1CCCN1c1ccc(NCc2nc(-c3ccsc3)no2)cc1. The highest BCUT2D eigenvalue weighted by atomic mass is 32.1. The molecule has 1 aliphatic rings. The molecule has 1 aromatic carbocycles. The zero-order valence-electron chi connectivity index (χ0n) is 12.9. The van der Waals surface area contributed by atoms with Crippen LogP contribution in [0, 0.1) is 0 Å². The van der Waals surface area contributed by atoms with Crippen LogP contribution in [0.4, 0.5) is 11.4 Å². The lowest BCUT2D eigenvalue weighted by Crippen LogP contribution is -2.23. The summed E-state index contributed by atoms with van der Waals surface area (Å²) in [6.07, 6.45) is 1.58. The lowest BCUT2D eigenvalue weighted by molar-refractivity contribution is -0.117. The fourth-order valence-corrected chi connectivity index (χ4v) is 3.33. The first-order chi connectivity index (χ1) is 11.8. The first-order valence-electron chi connectivity index (χ1n) is 7.79. The van der Waals surface area contributed by atoms with Crippen molar-refractivity contribution in [2.45, 2.75) is 19.4 Å². The highest BCUT2D eigenvalue weighted by Crippen LogP contribution is 2.23. The van der Waals surface area contributed by atoms with E-state index in [0.29, 0.717) is 24.7 Å². The molecule has 24 heavy (non-hydrogen) atoms. The number of anilines is 2. The fraction of sp³-hybridized carbons (Fsp3) is 0.235. The molecule has 122 valence electrons. The van der Waals surface area contributed by atoms with Gasteiger partial charge >= 0.3 is 0 Å². The molecule has 6 nitrogen and oxygen atoms in total. The molecule has 0 bridgehead atoms. The standard InChI is InChI=1S/C17H16N4O2S/c22-16-2-1-8-21(16)14-5-3-13(4-6-14)18-10-15-19-17(20-23-15)12-7-9-24-11-12/h3-7,9,11,18H,1-2,8,10H2. The third-order valence-electron chi connectivity index (χ3n) is 3.94. The van der Waals surface area contributed by atoms with E-state index in [-0.39, 0.29) is 5.91 Å². The van der Waals surface area contributed by atoms with Crippen LogP contribution in [0.3, 0.4) is 0 Å². The number of hydrogen-bond donors (Lipinski definition) is 1. The number of hydrogen-bond acceptors (Lipinski definition) is 6. The van der Waals surface area contributed by atoms with Crippen LogP contribution in [0.15, 0.2) is 45.6 Å². The van der Waals surface area contributed by atoms with Crippen molar-refractivity contribution in [3.8, 4) is 11.4 Å². The van der Waals surface area contributed by atoms with Gasteiger partial charge in [0.15, 0.2) is 0 Å². The predicted molar refractivity (Wildman–Crippen MR) is 93.0 cm³/mol. The Morgan fingerprint density at radius 3 is 2.83 bits per heavy atom. The summed E-state index contributed by atoms with van der Waals surface area (Å²) in [6.45, 7) is 1.26. The topological polar surface area (TPSA) is 71.3 Å². The Labute approximate surface area is 143 Å². The second-order valence-corrected chi connectivity index (χ2v) is 6.35. The van der Waals surface area contributed by atoms with Crippen molar-refractivity contribution in [2.24, 2.45) is 0 Å². The van der Waals surface area contributed by atoms with Crippen molar-refractivity contribution in [1.82, 2.24) is 10.1 Å². The Balaban J connectivity index is 1.38. The summed E-state index contributed by atoms with van der Waals surface area (Å²) in [5.74, 6) is 1.34. The smallest absolute Gasteiger partial charge is 0.246 e. The highest BCUT2D eigenvalue weighted by molar-refractivity contribution is 7.08. The second-order valence-electron chi connectivity index (χ2n) is 5.57. The van der Waals surface area contributed by atoms with Crippen LogP contribution in [0.5, 0.6) is 0 Å². The van der Waals surface area contributed by atoms with Gasteiger partial charge in [-0.05, 0) is 42.1 Å². The number of nitrogens with zero attached hydrogens (tertiary/aromatic N) is 3. The summed E-state index contributed by atoms with van der Waals surface area (Å²) >= 11 is 1.60. The van der Waals surface area contributed by atoms with Gasteiger partial charge in [0.2, 0.25) is 17.6 Å². The van der Waals surface area contributed by atoms with E-state index in [2.05, 4.69) is 15.5 Å². The molecule has 4 rings (SSSR count). The van der Waals surface area contributed by atoms with Gasteiger partial charge in [-0.3, -0.25) is 4.79 Å². The molecule has 0 unspecified atom stereocenters. The Kier molecular flexibility index (Phi) is 4.00. The van der Waals surface area contributed by atoms with Gasteiger partial charge in [0.1, 0.15) is 0 Å². The third-order valence-corrected chi connectivity index (χ3v) is 4.63. The largest absolute Gasteiger partial charge is 0.376 e. The second kappa shape index (κ2) is 6.45. The van der Waals surface area contributed by atoms with Crippen molar-refractivity contribution >= 4 is 28.6 Å². The lowest BCUT2D eigenvalue weighted by Gasteiger charge is -2.16. The summed E-state index contributed by atoms with van der Waals surface area (Å²) in [6, 6.07) is 9.78. The van der Waals surface area contributed by atoms with Gasteiger partial charge in [0.05, 0.1) is 6.54 Å². The van der Waals surface area contributed by atoms with Crippen LogP contribution in [-0.2, 0) is 11.3 Å². The van der Waals surface area contributed by atoms with Crippen LogP contribution in [0.2, 0.25) is 0 Å². The zero-order chi connectivity index (χ0) is 16.4. The minimum absolute atomic E-state index is 0.197. The Morgan fingerprint density at radius 1 is 1.25 bits per heavy atom. The minimum Gasteiger partial charge on any atom is -0.376 e. The molecule has 0 spiro atoms. The number of carbonyl (C=O) groups excluding carboxylic acids is 1. The van der Waals surface area contributed by atoms with Crippen molar-refractivity contribution in [3.63, 3.8) is 0 Å². The average Bonchev–Trinajstić information content (AvgIpc) is 3.35.